The smallest absolute Gasteiger partial charge is 0.311 e. The van der Waals surface area contributed by atoms with Crippen molar-refractivity contribution in [1.82, 2.24) is 10.2 Å². The zero-order chi connectivity index (χ0) is 28.4. The van der Waals surface area contributed by atoms with Crippen molar-refractivity contribution < 1.29 is 24.0 Å². The van der Waals surface area contributed by atoms with Crippen LogP contribution >= 0.6 is 23.2 Å². The Balaban J connectivity index is 1.95. The van der Waals surface area contributed by atoms with E-state index in [2.05, 4.69) is 5.32 Å². The number of carbonyl (C=O) groups excluding carboxylic acids is 2. The van der Waals surface area contributed by atoms with Gasteiger partial charge in [0.05, 0.1) is 12.0 Å². The highest BCUT2D eigenvalue weighted by Crippen LogP contribution is 2.31. The number of ether oxygens (including phenoxy) is 2. The standard InChI is InChI=1S/C28H29Cl2N3O6/c1-3-14-31-28(35)25(15-19-8-5-4-6-9-19)32(17-21-22(29)10-7-11-23(21)30)27(34)18-39-20-12-13-24(33(36)37)26(16-20)38-2/h4-13,16,25H,3,14-15,17-18H2,1-2H3,(H,31,35). The van der Waals surface area contributed by atoms with Crippen LogP contribution in [0.1, 0.15) is 24.5 Å². The summed E-state index contributed by atoms with van der Waals surface area (Å²) in [5.74, 6) is -0.646. The number of nitrogens with zero attached hydrogens (tertiary/aromatic N) is 2. The van der Waals surface area contributed by atoms with Crippen LogP contribution in [-0.2, 0) is 22.6 Å². The number of methoxy groups -OCH3 is 1. The summed E-state index contributed by atoms with van der Waals surface area (Å²) in [4.78, 5) is 39.1. The Labute approximate surface area is 236 Å². The predicted molar refractivity (Wildman–Crippen MR) is 149 cm³/mol. The molecular weight excluding hydrogens is 545 g/mol. The molecule has 3 aromatic rings. The van der Waals surface area contributed by atoms with Gasteiger partial charge >= 0.3 is 5.69 Å². The van der Waals surface area contributed by atoms with Crippen LogP contribution in [0.3, 0.4) is 0 Å². The minimum Gasteiger partial charge on any atom is -0.490 e. The minimum absolute atomic E-state index is 0.00875. The molecule has 3 aromatic carbocycles. The maximum atomic E-state index is 13.7. The van der Waals surface area contributed by atoms with Crippen LogP contribution in [0.2, 0.25) is 10.0 Å². The molecule has 2 amide bonds. The molecule has 0 heterocycles. The molecule has 0 saturated heterocycles. The molecule has 0 aliphatic rings. The van der Waals surface area contributed by atoms with Gasteiger partial charge in [-0.05, 0) is 30.2 Å². The van der Waals surface area contributed by atoms with Gasteiger partial charge in [0.15, 0.2) is 6.61 Å². The third-order valence-electron chi connectivity index (χ3n) is 5.92. The van der Waals surface area contributed by atoms with Gasteiger partial charge in [0.2, 0.25) is 11.7 Å². The van der Waals surface area contributed by atoms with E-state index in [1.165, 1.54) is 30.2 Å². The number of nitro benzene ring substituents is 1. The number of hydrogen-bond acceptors (Lipinski definition) is 6. The normalized spacial score (nSPS) is 11.4. The summed E-state index contributed by atoms with van der Waals surface area (Å²) >= 11 is 12.9. The number of amides is 2. The third kappa shape index (κ3) is 8.08. The molecule has 11 heteroatoms. The third-order valence-corrected chi connectivity index (χ3v) is 6.63. The van der Waals surface area contributed by atoms with Crippen molar-refractivity contribution in [3.63, 3.8) is 0 Å². The average Bonchev–Trinajstić information content (AvgIpc) is 2.93. The molecule has 0 bridgehead atoms. The average molecular weight is 574 g/mol. The van der Waals surface area contributed by atoms with E-state index in [1.807, 2.05) is 37.3 Å². The molecule has 1 N–H and O–H groups in total. The predicted octanol–water partition coefficient (Wildman–Crippen LogP) is 5.46. The summed E-state index contributed by atoms with van der Waals surface area (Å²) in [7, 11) is 1.30. The molecular formula is C28H29Cl2N3O6. The lowest BCUT2D eigenvalue weighted by molar-refractivity contribution is -0.385. The van der Waals surface area contributed by atoms with Crippen molar-refractivity contribution in [2.45, 2.75) is 32.4 Å². The van der Waals surface area contributed by atoms with Crippen molar-refractivity contribution in [3.05, 3.63) is 98.0 Å². The van der Waals surface area contributed by atoms with Crippen LogP contribution in [0.15, 0.2) is 66.7 Å². The van der Waals surface area contributed by atoms with Crippen molar-refractivity contribution in [2.24, 2.45) is 0 Å². The van der Waals surface area contributed by atoms with Gasteiger partial charge < -0.3 is 19.7 Å². The SMILES string of the molecule is CCCNC(=O)C(Cc1ccccc1)N(Cc1c(Cl)cccc1Cl)C(=O)COc1ccc([N+](=O)[O-])c(OC)c1. The number of benzene rings is 3. The van der Waals surface area contributed by atoms with E-state index in [1.54, 1.807) is 18.2 Å². The number of nitrogens with one attached hydrogen (secondary N) is 1. The molecule has 3 rings (SSSR count). The van der Waals surface area contributed by atoms with Crippen molar-refractivity contribution in [1.29, 1.82) is 0 Å². The second-order valence-corrected chi connectivity index (χ2v) is 9.41. The highest BCUT2D eigenvalue weighted by atomic mass is 35.5. The Bertz CT molecular complexity index is 1290. The van der Waals surface area contributed by atoms with Gasteiger partial charge in [0, 0.05) is 47.3 Å². The number of halogens is 2. The number of hydrogen-bond donors (Lipinski definition) is 1. The lowest BCUT2D eigenvalue weighted by Crippen LogP contribution is -2.51. The lowest BCUT2D eigenvalue weighted by atomic mass is 10.0. The molecule has 0 spiro atoms. The highest BCUT2D eigenvalue weighted by molar-refractivity contribution is 6.36. The van der Waals surface area contributed by atoms with E-state index in [-0.39, 0.29) is 36.1 Å². The Kier molecular flexibility index (Phi) is 11.0. The summed E-state index contributed by atoms with van der Waals surface area (Å²) in [5.41, 5.74) is 1.12. The summed E-state index contributed by atoms with van der Waals surface area (Å²) < 4.78 is 10.8. The summed E-state index contributed by atoms with van der Waals surface area (Å²) in [6.07, 6.45) is 0.967. The maximum absolute atomic E-state index is 13.7. The van der Waals surface area contributed by atoms with Gasteiger partial charge in [-0.25, -0.2) is 0 Å². The van der Waals surface area contributed by atoms with E-state index < -0.39 is 23.5 Å². The number of rotatable bonds is 13. The molecule has 0 aliphatic heterocycles. The molecule has 0 radical (unpaired) electrons. The first kappa shape index (κ1) is 29.7. The van der Waals surface area contributed by atoms with Gasteiger partial charge in [-0.3, -0.25) is 19.7 Å². The summed E-state index contributed by atoms with van der Waals surface area (Å²) in [6.45, 7) is 1.89. The van der Waals surface area contributed by atoms with Gasteiger partial charge in [0.25, 0.3) is 5.91 Å². The van der Waals surface area contributed by atoms with Crippen LogP contribution in [0.4, 0.5) is 5.69 Å². The Morgan fingerprint density at radius 1 is 1.05 bits per heavy atom. The maximum Gasteiger partial charge on any atom is 0.311 e. The van der Waals surface area contributed by atoms with Crippen molar-refractivity contribution in [2.75, 3.05) is 20.3 Å². The van der Waals surface area contributed by atoms with Crippen molar-refractivity contribution >= 4 is 40.7 Å². The Morgan fingerprint density at radius 2 is 1.74 bits per heavy atom. The van der Waals surface area contributed by atoms with E-state index in [4.69, 9.17) is 32.7 Å². The molecule has 206 valence electrons. The fourth-order valence-corrected chi connectivity index (χ4v) is 4.42. The van der Waals surface area contributed by atoms with Gasteiger partial charge in [-0.2, -0.15) is 0 Å². The first-order valence-electron chi connectivity index (χ1n) is 12.2. The molecule has 0 fully saturated rings. The summed E-state index contributed by atoms with van der Waals surface area (Å²) in [6, 6.07) is 17.4. The molecule has 0 aromatic heterocycles. The Morgan fingerprint density at radius 3 is 2.36 bits per heavy atom. The molecule has 1 atom stereocenters. The monoisotopic (exact) mass is 573 g/mol. The molecule has 0 saturated carbocycles. The molecule has 0 aliphatic carbocycles. The second-order valence-electron chi connectivity index (χ2n) is 8.60. The van der Waals surface area contributed by atoms with Crippen LogP contribution in [0.5, 0.6) is 11.5 Å². The van der Waals surface area contributed by atoms with Crippen LogP contribution in [0, 0.1) is 10.1 Å². The Hall–Kier alpha value is -3.82. The van der Waals surface area contributed by atoms with Crippen molar-refractivity contribution in [3.8, 4) is 11.5 Å². The van der Waals surface area contributed by atoms with E-state index in [0.29, 0.717) is 22.2 Å². The zero-order valence-corrected chi connectivity index (χ0v) is 23.1. The minimum atomic E-state index is -0.895. The fraction of sp³-hybridized carbons (Fsp3) is 0.286. The van der Waals surface area contributed by atoms with E-state index in [9.17, 15) is 19.7 Å². The van der Waals surface area contributed by atoms with Gasteiger partial charge in [-0.15, -0.1) is 0 Å². The fourth-order valence-electron chi connectivity index (χ4n) is 3.90. The lowest BCUT2D eigenvalue weighted by Gasteiger charge is -2.32. The first-order chi connectivity index (χ1) is 18.7. The second kappa shape index (κ2) is 14.4. The van der Waals surface area contributed by atoms with Crippen LogP contribution in [0.25, 0.3) is 0 Å². The largest absolute Gasteiger partial charge is 0.490 e. The van der Waals surface area contributed by atoms with Crippen LogP contribution in [-0.4, -0.2) is 47.9 Å². The highest BCUT2D eigenvalue weighted by Gasteiger charge is 2.31. The van der Waals surface area contributed by atoms with Gasteiger partial charge in [-0.1, -0.05) is 66.5 Å². The molecule has 39 heavy (non-hydrogen) atoms. The number of nitro groups is 1. The first-order valence-corrected chi connectivity index (χ1v) is 13.0. The summed E-state index contributed by atoms with van der Waals surface area (Å²) in [5, 5.41) is 14.8. The molecule has 1 unspecified atom stereocenters. The van der Waals surface area contributed by atoms with E-state index in [0.717, 1.165) is 12.0 Å². The molecule has 9 nitrogen and oxygen atoms in total. The zero-order valence-electron chi connectivity index (χ0n) is 21.6. The quantitative estimate of drug-likeness (QED) is 0.215. The number of carbonyl (C=O) groups is 2. The topological polar surface area (TPSA) is 111 Å². The van der Waals surface area contributed by atoms with Crippen LogP contribution < -0.4 is 14.8 Å². The van der Waals surface area contributed by atoms with E-state index >= 15 is 0 Å². The van der Waals surface area contributed by atoms with Gasteiger partial charge in [0.1, 0.15) is 11.8 Å².